The Morgan fingerprint density at radius 1 is 0.259 bits per heavy atom. The molecule has 54 heavy (non-hydrogen) atoms. The minimum Gasteiger partial charge on any atom is -0.256 e. The first-order chi connectivity index (χ1) is 26.8. The molecule has 4 heteroatoms. The number of pyridine rings is 2. The van der Waals surface area contributed by atoms with Crippen molar-refractivity contribution in [2.24, 2.45) is 0 Å². The smallest absolute Gasteiger partial charge is 0.0973 e. The first kappa shape index (κ1) is 31.4. The molecule has 0 saturated heterocycles. The van der Waals surface area contributed by atoms with Crippen molar-refractivity contribution in [2.45, 2.75) is 0 Å². The lowest BCUT2D eigenvalue weighted by Crippen LogP contribution is -1.96. The summed E-state index contributed by atoms with van der Waals surface area (Å²) in [5.41, 5.74) is 14.3. The van der Waals surface area contributed by atoms with Crippen LogP contribution in [0.1, 0.15) is 0 Å². The van der Waals surface area contributed by atoms with Crippen LogP contribution in [0, 0.1) is 0 Å². The second kappa shape index (κ2) is 13.4. The molecule has 252 valence electrons. The molecule has 0 fully saturated rings. The monoisotopic (exact) mass is 688 g/mol. The van der Waals surface area contributed by atoms with Gasteiger partial charge in [-0.3, -0.25) is 9.97 Å². The van der Waals surface area contributed by atoms with E-state index in [0.29, 0.717) is 0 Å². The van der Waals surface area contributed by atoms with Gasteiger partial charge in [0.05, 0.1) is 33.8 Å². The van der Waals surface area contributed by atoms with Crippen LogP contribution in [-0.4, -0.2) is 19.9 Å². The van der Waals surface area contributed by atoms with E-state index in [-0.39, 0.29) is 0 Å². The maximum Gasteiger partial charge on any atom is 0.0973 e. The van der Waals surface area contributed by atoms with E-state index in [1.807, 2.05) is 60.9 Å². The number of hydrogen-bond donors (Lipinski definition) is 0. The Balaban J connectivity index is 1.04. The lowest BCUT2D eigenvalue weighted by Gasteiger charge is -2.14. The molecule has 0 atom stereocenters. The Labute approximate surface area is 313 Å². The molecule has 0 aliphatic carbocycles. The highest BCUT2D eigenvalue weighted by atomic mass is 14.8. The Morgan fingerprint density at radius 2 is 0.611 bits per heavy atom. The maximum atomic E-state index is 5.20. The molecule has 0 saturated carbocycles. The zero-order valence-electron chi connectivity index (χ0n) is 29.3. The van der Waals surface area contributed by atoms with E-state index in [4.69, 9.17) is 9.97 Å². The van der Waals surface area contributed by atoms with E-state index < -0.39 is 0 Å². The molecule has 0 radical (unpaired) electrons. The Kier molecular flexibility index (Phi) is 7.77. The van der Waals surface area contributed by atoms with Crippen LogP contribution in [0.5, 0.6) is 0 Å². The number of para-hydroxylation sites is 2. The third-order valence-corrected chi connectivity index (χ3v) is 10.2. The fourth-order valence-electron chi connectivity index (χ4n) is 7.63. The molecule has 3 aromatic heterocycles. The number of benzene rings is 7. The van der Waals surface area contributed by atoms with Crippen LogP contribution in [0.15, 0.2) is 194 Å². The molecule has 0 unspecified atom stereocenters. The third kappa shape index (κ3) is 5.58. The van der Waals surface area contributed by atoms with Gasteiger partial charge in [0.15, 0.2) is 0 Å². The Bertz CT molecular complexity index is 2750. The molecule has 3 heterocycles. The van der Waals surface area contributed by atoms with Gasteiger partial charge < -0.3 is 0 Å². The lowest BCUT2D eigenvalue weighted by atomic mass is 9.93. The first-order valence-electron chi connectivity index (χ1n) is 18.1. The summed E-state index contributed by atoms with van der Waals surface area (Å²) in [6, 6.07) is 63.6. The van der Waals surface area contributed by atoms with Crippen molar-refractivity contribution in [1.82, 2.24) is 19.9 Å². The summed E-state index contributed by atoms with van der Waals surface area (Å²) < 4.78 is 0. The molecule has 7 aromatic carbocycles. The molecule has 10 aromatic rings. The molecular formula is C50H32N4. The fourth-order valence-corrected chi connectivity index (χ4v) is 7.63. The molecule has 0 aliphatic heterocycles. The molecule has 0 spiro atoms. The quantitative estimate of drug-likeness (QED) is 0.174. The Morgan fingerprint density at radius 3 is 1.00 bits per heavy atom. The van der Waals surface area contributed by atoms with Crippen LogP contribution in [0.25, 0.3) is 99.9 Å². The maximum absolute atomic E-state index is 5.20. The highest BCUT2D eigenvalue weighted by Crippen LogP contribution is 2.38. The van der Waals surface area contributed by atoms with Crippen LogP contribution >= 0.6 is 0 Å². The predicted octanol–water partition coefficient (Wildman–Crippen LogP) is 12.7. The lowest BCUT2D eigenvalue weighted by molar-refractivity contribution is 1.29. The molecule has 0 amide bonds. The summed E-state index contributed by atoms with van der Waals surface area (Å²) in [6.45, 7) is 0. The first-order valence-corrected chi connectivity index (χ1v) is 18.1. The van der Waals surface area contributed by atoms with Gasteiger partial charge in [0.1, 0.15) is 0 Å². The van der Waals surface area contributed by atoms with Crippen LogP contribution in [-0.2, 0) is 0 Å². The van der Waals surface area contributed by atoms with Gasteiger partial charge in [-0.15, -0.1) is 0 Å². The summed E-state index contributed by atoms with van der Waals surface area (Å²) in [5.74, 6) is 0. The van der Waals surface area contributed by atoms with E-state index in [0.717, 1.165) is 67.2 Å². The van der Waals surface area contributed by atoms with Gasteiger partial charge in [-0.2, -0.15) is 0 Å². The number of rotatable bonds is 6. The van der Waals surface area contributed by atoms with Gasteiger partial charge >= 0.3 is 0 Å². The van der Waals surface area contributed by atoms with Crippen LogP contribution in [0.4, 0.5) is 0 Å². The van der Waals surface area contributed by atoms with Gasteiger partial charge in [-0.05, 0) is 80.2 Å². The second-order valence-corrected chi connectivity index (χ2v) is 13.4. The topological polar surface area (TPSA) is 51.6 Å². The number of nitrogens with zero attached hydrogens (tertiary/aromatic N) is 4. The molecular weight excluding hydrogens is 657 g/mol. The summed E-state index contributed by atoms with van der Waals surface area (Å²) in [7, 11) is 0. The van der Waals surface area contributed by atoms with Crippen molar-refractivity contribution in [1.29, 1.82) is 0 Å². The van der Waals surface area contributed by atoms with E-state index in [1.165, 1.54) is 32.7 Å². The normalized spacial score (nSPS) is 11.3. The van der Waals surface area contributed by atoms with Crippen LogP contribution in [0.3, 0.4) is 0 Å². The van der Waals surface area contributed by atoms with Crippen LogP contribution in [0.2, 0.25) is 0 Å². The average molecular weight is 689 g/mol. The van der Waals surface area contributed by atoms with Gasteiger partial charge in [0.25, 0.3) is 0 Å². The highest BCUT2D eigenvalue weighted by Gasteiger charge is 2.16. The number of hydrogen-bond acceptors (Lipinski definition) is 4. The SMILES string of the molecule is c1ccc(-c2cccc3c(-c4ccc(-c5nc6ccccc6nc5-c5ccc(-c6cccc7c(-c8ccccn8)cccc67)cc5)cc4)cccc23)nc1. The average Bonchev–Trinajstić information content (AvgIpc) is 3.26. The van der Waals surface area contributed by atoms with Gasteiger partial charge in [-0.1, -0.05) is 146 Å². The molecule has 4 nitrogen and oxygen atoms in total. The summed E-state index contributed by atoms with van der Waals surface area (Å²) in [6.07, 6.45) is 3.69. The van der Waals surface area contributed by atoms with Crippen molar-refractivity contribution < 1.29 is 0 Å². The van der Waals surface area contributed by atoms with E-state index in [1.54, 1.807) is 0 Å². The van der Waals surface area contributed by atoms with Gasteiger partial charge in [0.2, 0.25) is 0 Å². The predicted molar refractivity (Wildman–Crippen MR) is 223 cm³/mol. The molecule has 0 N–H and O–H groups in total. The summed E-state index contributed by atoms with van der Waals surface area (Å²) in [4.78, 5) is 19.7. The van der Waals surface area contributed by atoms with Crippen molar-refractivity contribution >= 4 is 32.6 Å². The van der Waals surface area contributed by atoms with E-state index >= 15 is 0 Å². The summed E-state index contributed by atoms with van der Waals surface area (Å²) >= 11 is 0. The Hall–Kier alpha value is -7.30. The van der Waals surface area contributed by atoms with Crippen molar-refractivity contribution in [3.63, 3.8) is 0 Å². The van der Waals surface area contributed by atoms with Crippen molar-refractivity contribution in [2.75, 3.05) is 0 Å². The molecule has 0 aliphatic rings. The minimum absolute atomic E-state index is 0.855. The van der Waals surface area contributed by atoms with E-state index in [9.17, 15) is 0 Å². The largest absolute Gasteiger partial charge is 0.256 e. The minimum atomic E-state index is 0.855. The van der Waals surface area contributed by atoms with E-state index in [2.05, 4.69) is 143 Å². The highest BCUT2D eigenvalue weighted by molar-refractivity contribution is 6.05. The zero-order chi connectivity index (χ0) is 35.8. The number of fused-ring (bicyclic) bond motifs is 3. The second-order valence-electron chi connectivity index (χ2n) is 13.4. The number of aromatic nitrogens is 4. The third-order valence-electron chi connectivity index (χ3n) is 10.2. The standard InChI is InChI=1S/C50H32N4/c1-2-22-48-47(21-1)53-49(35-27-23-33(24-28-35)37-11-7-15-41-39(37)13-9-17-43(41)45-19-3-5-31-51-45)50(54-48)36-29-25-34(26-30-36)38-12-8-16-42-40(38)14-10-18-44(42)46-20-4-6-32-52-46/h1-32H. The fraction of sp³-hybridized carbons (Fsp3) is 0. The zero-order valence-corrected chi connectivity index (χ0v) is 29.3. The van der Waals surface area contributed by atoms with Crippen molar-refractivity contribution in [3.05, 3.63) is 194 Å². The van der Waals surface area contributed by atoms with Gasteiger partial charge in [0, 0.05) is 34.6 Å². The van der Waals surface area contributed by atoms with Crippen LogP contribution < -0.4 is 0 Å². The molecule has 0 bridgehead atoms. The van der Waals surface area contributed by atoms with Gasteiger partial charge in [-0.25, -0.2) is 9.97 Å². The molecule has 10 rings (SSSR count). The summed E-state index contributed by atoms with van der Waals surface area (Å²) in [5, 5.41) is 4.75. The van der Waals surface area contributed by atoms with Crippen molar-refractivity contribution in [3.8, 4) is 67.3 Å².